The Morgan fingerprint density at radius 1 is 0.962 bits per heavy atom. The average molecular weight is 359 g/mol. The lowest BCUT2D eigenvalue weighted by Crippen LogP contribution is -2.60. The lowest BCUT2D eigenvalue weighted by Gasteiger charge is -2.56. The fourth-order valence-electron chi connectivity index (χ4n) is 8.03. The molecule has 3 nitrogen and oxygen atoms in total. The minimum Gasteiger partial charge on any atom is -0.353 e. The van der Waals surface area contributed by atoms with Gasteiger partial charge in [0.25, 0.3) is 0 Å². The van der Waals surface area contributed by atoms with Gasteiger partial charge in [0, 0.05) is 23.5 Å². The molecular formula is C23H38N2O. The van der Waals surface area contributed by atoms with Gasteiger partial charge in [0.1, 0.15) is 0 Å². The lowest BCUT2D eigenvalue weighted by molar-refractivity contribution is -0.147. The molecule has 0 aromatic heterocycles. The fourth-order valence-corrected chi connectivity index (χ4v) is 8.03. The molecule has 4 aliphatic carbocycles. The third-order valence-electron chi connectivity index (χ3n) is 8.75. The Bertz CT molecular complexity index is 495. The van der Waals surface area contributed by atoms with Crippen LogP contribution in [0.4, 0.5) is 0 Å². The molecule has 6 fully saturated rings. The highest BCUT2D eigenvalue weighted by Crippen LogP contribution is 2.60. The molecule has 1 N–H and O–H groups in total. The maximum absolute atomic E-state index is 13.4. The highest BCUT2D eigenvalue weighted by Gasteiger charge is 2.55. The third kappa shape index (κ3) is 3.02. The van der Waals surface area contributed by atoms with Crippen molar-refractivity contribution < 1.29 is 4.79 Å². The zero-order chi connectivity index (χ0) is 17.7. The molecule has 1 amide bonds. The Morgan fingerprint density at radius 2 is 1.54 bits per heavy atom. The van der Waals surface area contributed by atoms with E-state index in [2.05, 4.69) is 17.1 Å². The first-order valence-electron chi connectivity index (χ1n) is 11.7. The molecule has 0 radical (unpaired) electrons. The van der Waals surface area contributed by atoms with E-state index in [9.17, 15) is 4.79 Å². The number of piperidine rings is 2. The summed E-state index contributed by atoms with van der Waals surface area (Å²) in [4.78, 5) is 16.2. The van der Waals surface area contributed by atoms with E-state index in [-0.39, 0.29) is 5.41 Å². The van der Waals surface area contributed by atoms with Crippen molar-refractivity contribution >= 4 is 5.91 Å². The first-order chi connectivity index (χ1) is 12.6. The van der Waals surface area contributed by atoms with Crippen molar-refractivity contribution in [1.82, 2.24) is 10.2 Å². The Kier molecular flexibility index (Phi) is 4.58. The fraction of sp³-hybridized carbons (Fsp3) is 0.957. The number of unbranched alkanes of at least 4 members (excludes halogenated alkanes) is 1. The van der Waals surface area contributed by atoms with Crippen LogP contribution >= 0.6 is 0 Å². The van der Waals surface area contributed by atoms with Crippen molar-refractivity contribution in [2.45, 2.75) is 109 Å². The molecule has 0 spiro atoms. The van der Waals surface area contributed by atoms with E-state index < -0.39 is 0 Å². The van der Waals surface area contributed by atoms with Crippen LogP contribution in [0.25, 0.3) is 0 Å². The molecule has 4 saturated carbocycles. The average Bonchev–Trinajstić information content (AvgIpc) is 2.58. The van der Waals surface area contributed by atoms with E-state index in [1.54, 1.807) is 0 Å². The molecule has 6 aliphatic rings. The van der Waals surface area contributed by atoms with Gasteiger partial charge in [-0.2, -0.15) is 0 Å². The van der Waals surface area contributed by atoms with E-state index in [4.69, 9.17) is 0 Å². The molecule has 2 atom stereocenters. The molecule has 6 bridgehead atoms. The summed E-state index contributed by atoms with van der Waals surface area (Å²) in [6.45, 7) is 3.58. The third-order valence-corrected chi connectivity index (χ3v) is 8.75. The number of carbonyl (C=O) groups is 1. The van der Waals surface area contributed by atoms with Gasteiger partial charge < -0.3 is 5.32 Å². The van der Waals surface area contributed by atoms with Crippen LogP contribution in [0.15, 0.2) is 0 Å². The molecule has 2 heterocycles. The molecule has 0 aromatic rings. The highest BCUT2D eigenvalue weighted by molar-refractivity contribution is 5.83. The maximum atomic E-state index is 13.4. The summed E-state index contributed by atoms with van der Waals surface area (Å²) in [5, 5.41) is 3.62. The summed E-state index contributed by atoms with van der Waals surface area (Å²) in [7, 11) is 0. The van der Waals surface area contributed by atoms with E-state index >= 15 is 0 Å². The monoisotopic (exact) mass is 358 g/mol. The van der Waals surface area contributed by atoms with Crippen LogP contribution in [0, 0.1) is 23.2 Å². The second-order valence-corrected chi connectivity index (χ2v) is 10.7. The number of rotatable bonds is 5. The van der Waals surface area contributed by atoms with Crippen LogP contribution in [0.2, 0.25) is 0 Å². The van der Waals surface area contributed by atoms with Crippen molar-refractivity contribution in [2.24, 2.45) is 23.2 Å². The zero-order valence-corrected chi connectivity index (χ0v) is 16.7. The van der Waals surface area contributed by atoms with Crippen LogP contribution in [-0.4, -0.2) is 35.5 Å². The normalized spacial score (nSPS) is 47.1. The van der Waals surface area contributed by atoms with Crippen molar-refractivity contribution in [3.8, 4) is 0 Å². The molecule has 2 saturated heterocycles. The van der Waals surface area contributed by atoms with Gasteiger partial charge in [0.15, 0.2) is 0 Å². The predicted molar refractivity (Wildman–Crippen MR) is 105 cm³/mol. The molecule has 2 aliphatic heterocycles. The summed E-state index contributed by atoms with van der Waals surface area (Å²) in [6.07, 6.45) is 17.0. The zero-order valence-electron chi connectivity index (χ0n) is 16.7. The molecule has 0 aromatic carbocycles. The van der Waals surface area contributed by atoms with E-state index in [1.165, 1.54) is 90.0 Å². The second-order valence-electron chi connectivity index (χ2n) is 10.7. The van der Waals surface area contributed by atoms with Crippen molar-refractivity contribution in [2.75, 3.05) is 6.54 Å². The quantitative estimate of drug-likeness (QED) is 0.784. The predicted octanol–water partition coefficient (Wildman–Crippen LogP) is 4.50. The van der Waals surface area contributed by atoms with Gasteiger partial charge in [-0.3, -0.25) is 9.69 Å². The van der Waals surface area contributed by atoms with E-state index in [0.29, 0.717) is 11.9 Å². The number of nitrogens with zero attached hydrogens (tertiary/aromatic N) is 1. The summed E-state index contributed by atoms with van der Waals surface area (Å²) in [6, 6.07) is 1.91. The van der Waals surface area contributed by atoms with Gasteiger partial charge in [-0.25, -0.2) is 0 Å². The molecule has 146 valence electrons. The number of amides is 1. The van der Waals surface area contributed by atoms with Gasteiger partial charge >= 0.3 is 0 Å². The van der Waals surface area contributed by atoms with Gasteiger partial charge in [-0.15, -0.1) is 0 Å². The van der Waals surface area contributed by atoms with Gasteiger partial charge in [-0.1, -0.05) is 19.8 Å². The van der Waals surface area contributed by atoms with Gasteiger partial charge in [0.2, 0.25) is 5.91 Å². The SMILES string of the molecule is CCCCN1[C@H]2CCC[C@H]1CC(NC(=O)C13CC4CC(CC(C4)C1)C3)C2. The number of carbonyl (C=O) groups excluding carboxylic acids is 1. The number of hydrogen-bond donors (Lipinski definition) is 1. The summed E-state index contributed by atoms with van der Waals surface area (Å²) < 4.78 is 0. The summed E-state index contributed by atoms with van der Waals surface area (Å²) in [5.41, 5.74) is 0.0310. The Morgan fingerprint density at radius 3 is 2.08 bits per heavy atom. The highest BCUT2D eigenvalue weighted by atomic mass is 16.2. The van der Waals surface area contributed by atoms with E-state index in [0.717, 1.165) is 29.8 Å². The molecule has 3 heteroatoms. The van der Waals surface area contributed by atoms with Crippen LogP contribution < -0.4 is 5.32 Å². The van der Waals surface area contributed by atoms with Crippen molar-refractivity contribution in [3.05, 3.63) is 0 Å². The van der Waals surface area contributed by atoms with Crippen molar-refractivity contribution in [3.63, 3.8) is 0 Å². The van der Waals surface area contributed by atoms with Crippen LogP contribution in [0.5, 0.6) is 0 Å². The lowest BCUT2D eigenvalue weighted by atomic mass is 9.49. The Labute approximate surface area is 159 Å². The second kappa shape index (κ2) is 6.79. The van der Waals surface area contributed by atoms with Crippen LogP contribution in [0.1, 0.15) is 90.4 Å². The molecular weight excluding hydrogens is 320 g/mol. The summed E-state index contributed by atoms with van der Waals surface area (Å²) >= 11 is 0. The maximum Gasteiger partial charge on any atom is 0.226 e. The minimum absolute atomic E-state index is 0.0310. The van der Waals surface area contributed by atoms with Crippen LogP contribution in [0.3, 0.4) is 0 Å². The standard InChI is InChI=1S/C23H38N2O/c1-2-3-7-25-20-5-4-6-21(25)12-19(11-20)24-22(26)23-13-16-8-17(14-23)10-18(9-16)15-23/h16-21H,2-15H2,1H3,(H,24,26)/t16?,17?,18?,20-,21-,23?/m0/s1. The number of fused-ring (bicyclic) bond motifs is 2. The van der Waals surface area contributed by atoms with Gasteiger partial charge in [0.05, 0.1) is 0 Å². The number of hydrogen-bond acceptors (Lipinski definition) is 2. The molecule has 6 rings (SSSR count). The largest absolute Gasteiger partial charge is 0.353 e. The van der Waals surface area contributed by atoms with E-state index in [1.807, 2.05) is 0 Å². The molecule has 26 heavy (non-hydrogen) atoms. The van der Waals surface area contributed by atoms with Gasteiger partial charge in [-0.05, 0) is 94.9 Å². The Balaban J connectivity index is 1.24. The topological polar surface area (TPSA) is 32.3 Å². The minimum atomic E-state index is 0.0310. The summed E-state index contributed by atoms with van der Waals surface area (Å²) in [5.74, 6) is 3.05. The van der Waals surface area contributed by atoms with Crippen LogP contribution in [-0.2, 0) is 4.79 Å². The Hall–Kier alpha value is -0.570. The smallest absolute Gasteiger partial charge is 0.226 e. The first-order valence-corrected chi connectivity index (χ1v) is 11.7. The van der Waals surface area contributed by atoms with Crippen molar-refractivity contribution in [1.29, 1.82) is 0 Å². The molecule has 0 unspecified atom stereocenters. The first kappa shape index (κ1) is 17.5. The number of nitrogens with one attached hydrogen (secondary N) is 1.